The molecule has 0 aliphatic heterocycles. The predicted octanol–water partition coefficient (Wildman–Crippen LogP) is 6.03. The van der Waals surface area contributed by atoms with Crippen molar-refractivity contribution in [3.8, 4) is 28.5 Å². The first-order chi connectivity index (χ1) is 18.0. The van der Waals surface area contributed by atoms with E-state index in [2.05, 4.69) is 0 Å². The third-order valence-electron chi connectivity index (χ3n) is 5.88. The van der Waals surface area contributed by atoms with Crippen molar-refractivity contribution in [2.75, 3.05) is 0 Å². The van der Waals surface area contributed by atoms with Crippen LogP contribution in [0.1, 0.15) is 22.3 Å². The van der Waals surface area contributed by atoms with Crippen molar-refractivity contribution >= 4 is 5.97 Å². The van der Waals surface area contributed by atoms with Crippen LogP contribution in [0.4, 0.5) is 22.0 Å². The Labute approximate surface area is 212 Å². The lowest BCUT2D eigenvalue weighted by Gasteiger charge is -2.20. The Bertz CT molecular complexity index is 1630. The molecule has 0 amide bonds. The zero-order valence-electron chi connectivity index (χ0n) is 19.4. The second-order valence-corrected chi connectivity index (χ2v) is 8.37. The van der Waals surface area contributed by atoms with Crippen LogP contribution in [-0.4, -0.2) is 15.6 Å². The van der Waals surface area contributed by atoms with E-state index in [1.807, 2.05) is 0 Å². The topological polar surface area (TPSA) is 83.1 Å². The minimum Gasteiger partial charge on any atom is -0.481 e. The Morgan fingerprint density at radius 1 is 0.947 bits per heavy atom. The van der Waals surface area contributed by atoms with Gasteiger partial charge in [-0.05, 0) is 28.8 Å². The summed E-state index contributed by atoms with van der Waals surface area (Å²) >= 11 is 0. The minimum absolute atomic E-state index is 0.172. The number of hydrogen-bond donors (Lipinski definition) is 1. The Kier molecular flexibility index (Phi) is 7.12. The van der Waals surface area contributed by atoms with Gasteiger partial charge >= 0.3 is 12.1 Å². The van der Waals surface area contributed by atoms with Gasteiger partial charge in [-0.15, -0.1) is 0 Å². The van der Waals surface area contributed by atoms with E-state index in [-0.39, 0.29) is 23.2 Å². The van der Waals surface area contributed by atoms with Crippen molar-refractivity contribution in [2.45, 2.75) is 19.1 Å². The SMILES string of the molecule is N#Cc1c(C(F)(F)F)cc(-c2ccccc2-c2ccc(CC(=O)O)cc2)n(Cc2ccc(F)cc2F)c1=O. The van der Waals surface area contributed by atoms with Gasteiger partial charge in [0, 0.05) is 17.2 Å². The molecule has 38 heavy (non-hydrogen) atoms. The van der Waals surface area contributed by atoms with Crippen molar-refractivity contribution < 1.29 is 31.9 Å². The molecule has 0 saturated heterocycles. The fraction of sp³-hybridized carbons (Fsp3) is 0.107. The van der Waals surface area contributed by atoms with E-state index in [1.165, 1.54) is 18.2 Å². The zero-order chi connectivity index (χ0) is 27.6. The molecule has 0 aliphatic rings. The fourth-order valence-corrected chi connectivity index (χ4v) is 4.11. The molecule has 10 heteroatoms. The number of carboxylic acid groups (broad SMARTS) is 1. The van der Waals surface area contributed by atoms with Crippen molar-refractivity contribution in [3.63, 3.8) is 0 Å². The van der Waals surface area contributed by atoms with Gasteiger partial charge in [0.2, 0.25) is 0 Å². The summed E-state index contributed by atoms with van der Waals surface area (Å²) < 4.78 is 70.5. The minimum atomic E-state index is -5.04. The van der Waals surface area contributed by atoms with Gasteiger partial charge in [-0.2, -0.15) is 18.4 Å². The van der Waals surface area contributed by atoms with Crippen LogP contribution in [0.15, 0.2) is 77.6 Å². The fourth-order valence-electron chi connectivity index (χ4n) is 4.11. The Balaban J connectivity index is 1.98. The lowest BCUT2D eigenvalue weighted by molar-refractivity contribution is -0.138. The second kappa shape index (κ2) is 10.3. The molecule has 0 unspecified atom stereocenters. The van der Waals surface area contributed by atoms with Gasteiger partial charge < -0.3 is 9.67 Å². The first-order valence-electron chi connectivity index (χ1n) is 11.1. The Morgan fingerprint density at radius 2 is 1.61 bits per heavy atom. The lowest BCUT2D eigenvalue weighted by Crippen LogP contribution is -2.29. The van der Waals surface area contributed by atoms with Crippen molar-refractivity contribution in [3.05, 3.63) is 117 Å². The lowest BCUT2D eigenvalue weighted by atomic mass is 9.94. The molecular formula is C28H17F5N2O3. The van der Waals surface area contributed by atoms with Gasteiger partial charge in [0.1, 0.15) is 23.3 Å². The molecule has 4 aromatic rings. The first-order valence-corrected chi connectivity index (χ1v) is 11.1. The van der Waals surface area contributed by atoms with E-state index in [0.717, 1.165) is 16.7 Å². The number of carbonyl (C=O) groups is 1. The largest absolute Gasteiger partial charge is 0.481 e. The second-order valence-electron chi connectivity index (χ2n) is 8.37. The highest BCUT2D eigenvalue weighted by atomic mass is 19.4. The van der Waals surface area contributed by atoms with Crippen LogP contribution in [-0.2, 0) is 23.9 Å². The number of pyridine rings is 1. The Hall–Kier alpha value is -4.78. The summed E-state index contributed by atoms with van der Waals surface area (Å²) in [4.78, 5) is 24.2. The van der Waals surface area contributed by atoms with E-state index >= 15 is 0 Å². The molecular weight excluding hydrogens is 507 g/mol. The van der Waals surface area contributed by atoms with Crippen LogP contribution in [0.2, 0.25) is 0 Å². The highest BCUT2D eigenvalue weighted by Crippen LogP contribution is 2.37. The summed E-state index contributed by atoms with van der Waals surface area (Å²) in [6.07, 6.45) is -5.26. The quantitative estimate of drug-likeness (QED) is 0.313. The number of nitriles is 1. The number of aliphatic carboxylic acids is 1. The van der Waals surface area contributed by atoms with Gasteiger partial charge in [-0.25, -0.2) is 8.78 Å². The van der Waals surface area contributed by atoms with Crippen LogP contribution in [0.3, 0.4) is 0 Å². The molecule has 0 aliphatic carbocycles. The molecule has 0 atom stereocenters. The van der Waals surface area contributed by atoms with Gasteiger partial charge in [-0.1, -0.05) is 54.6 Å². The van der Waals surface area contributed by atoms with Gasteiger partial charge in [0.25, 0.3) is 5.56 Å². The normalized spacial score (nSPS) is 11.3. The number of alkyl halides is 3. The van der Waals surface area contributed by atoms with Crippen LogP contribution in [0, 0.1) is 23.0 Å². The number of hydrogen-bond acceptors (Lipinski definition) is 3. The van der Waals surface area contributed by atoms with Crippen LogP contribution in [0.5, 0.6) is 0 Å². The first kappa shape index (κ1) is 26.3. The molecule has 1 heterocycles. The molecule has 1 aromatic heterocycles. The molecule has 4 rings (SSSR count). The number of nitrogens with zero attached hydrogens (tertiary/aromatic N) is 2. The van der Waals surface area contributed by atoms with Gasteiger partial charge in [0.15, 0.2) is 0 Å². The summed E-state index contributed by atoms with van der Waals surface area (Å²) in [7, 11) is 0. The molecule has 0 fully saturated rings. The van der Waals surface area contributed by atoms with Gasteiger partial charge in [-0.3, -0.25) is 9.59 Å². The maximum absolute atomic E-state index is 14.5. The number of benzene rings is 3. The summed E-state index contributed by atoms with van der Waals surface area (Å²) in [6, 6.07) is 17.1. The maximum atomic E-state index is 14.5. The smallest absolute Gasteiger partial charge is 0.417 e. The van der Waals surface area contributed by atoms with E-state index in [9.17, 15) is 36.8 Å². The monoisotopic (exact) mass is 524 g/mol. The van der Waals surface area contributed by atoms with E-state index in [1.54, 1.807) is 36.4 Å². The van der Waals surface area contributed by atoms with Gasteiger partial charge in [0.05, 0.1) is 24.2 Å². The highest BCUT2D eigenvalue weighted by Gasteiger charge is 2.37. The number of halogens is 5. The zero-order valence-corrected chi connectivity index (χ0v) is 19.4. The van der Waals surface area contributed by atoms with E-state index in [0.29, 0.717) is 28.8 Å². The average Bonchev–Trinajstić information content (AvgIpc) is 2.86. The maximum Gasteiger partial charge on any atom is 0.417 e. The van der Waals surface area contributed by atoms with E-state index < -0.39 is 47.0 Å². The highest BCUT2D eigenvalue weighted by molar-refractivity contribution is 5.83. The van der Waals surface area contributed by atoms with Crippen LogP contribution in [0.25, 0.3) is 22.4 Å². The molecule has 0 bridgehead atoms. The summed E-state index contributed by atoms with van der Waals surface area (Å²) in [5.41, 5.74) is -2.70. The molecule has 3 aromatic carbocycles. The third kappa shape index (κ3) is 5.32. The predicted molar refractivity (Wildman–Crippen MR) is 128 cm³/mol. The van der Waals surface area contributed by atoms with Crippen LogP contribution < -0.4 is 5.56 Å². The van der Waals surface area contributed by atoms with Crippen LogP contribution >= 0.6 is 0 Å². The summed E-state index contributed by atoms with van der Waals surface area (Å²) in [6.45, 7) is -0.570. The third-order valence-corrected chi connectivity index (χ3v) is 5.88. The van der Waals surface area contributed by atoms with E-state index in [4.69, 9.17) is 5.11 Å². The Morgan fingerprint density at radius 3 is 2.18 bits per heavy atom. The molecule has 192 valence electrons. The van der Waals surface area contributed by atoms with Crippen molar-refractivity contribution in [2.24, 2.45) is 0 Å². The average molecular weight is 524 g/mol. The number of carboxylic acids is 1. The van der Waals surface area contributed by atoms with Crippen molar-refractivity contribution in [1.29, 1.82) is 5.26 Å². The summed E-state index contributed by atoms with van der Waals surface area (Å²) in [5, 5.41) is 18.4. The number of aromatic nitrogens is 1. The molecule has 0 saturated carbocycles. The standard InChI is InChI=1S/C28H17F5N2O3/c29-19-10-9-18(24(30)12-19)15-35-25(13-23(28(31,32)33)22(14-34)27(35)38)21-4-2-1-3-20(21)17-7-5-16(6-8-17)11-26(36)37/h1-10,12-13H,11,15H2,(H,36,37). The number of rotatable bonds is 6. The molecule has 0 radical (unpaired) electrons. The molecule has 5 nitrogen and oxygen atoms in total. The molecule has 0 spiro atoms. The molecule has 1 N–H and O–H groups in total. The van der Waals surface area contributed by atoms with Crippen molar-refractivity contribution in [1.82, 2.24) is 4.57 Å². The summed E-state index contributed by atoms with van der Waals surface area (Å²) in [5.74, 6) is -2.92.